The van der Waals surface area contributed by atoms with Crippen molar-refractivity contribution >= 4 is 23.4 Å². The Kier molecular flexibility index (Phi) is 3.70. The van der Waals surface area contributed by atoms with Crippen LogP contribution >= 0.6 is 11.8 Å². The molecule has 0 aliphatic heterocycles. The van der Waals surface area contributed by atoms with E-state index in [-0.39, 0.29) is 5.96 Å². The summed E-state index contributed by atoms with van der Waals surface area (Å²) in [5.41, 5.74) is 10.8. The third kappa shape index (κ3) is 3.61. The Morgan fingerprint density at radius 2 is 1.79 bits per heavy atom. The minimum absolute atomic E-state index is 0.0562. The van der Waals surface area contributed by atoms with Crippen molar-refractivity contribution < 1.29 is 8.78 Å². The van der Waals surface area contributed by atoms with Crippen molar-refractivity contribution in [3.8, 4) is 0 Å². The topological polar surface area (TPSA) is 64.4 Å². The number of rotatable bonds is 3. The summed E-state index contributed by atoms with van der Waals surface area (Å²) in [5.74, 6) is -2.47. The lowest BCUT2D eigenvalue weighted by atomic mass is 10.3. The zero-order valence-corrected chi connectivity index (χ0v) is 7.97. The van der Waals surface area contributed by atoms with E-state index in [1.165, 1.54) is 0 Å². The van der Waals surface area contributed by atoms with Gasteiger partial charge in [0, 0.05) is 4.90 Å². The third-order valence-corrected chi connectivity index (χ3v) is 2.04. The fourth-order valence-electron chi connectivity index (χ4n) is 0.851. The molecule has 14 heavy (non-hydrogen) atoms. The van der Waals surface area contributed by atoms with Crippen LogP contribution in [0.25, 0.3) is 0 Å². The van der Waals surface area contributed by atoms with Gasteiger partial charge in [-0.15, -0.1) is 0 Å². The molecule has 1 aromatic rings. The number of alkyl halides is 2. The van der Waals surface area contributed by atoms with Gasteiger partial charge < -0.3 is 11.5 Å². The zero-order valence-electron chi connectivity index (χ0n) is 7.15. The van der Waals surface area contributed by atoms with E-state index in [9.17, 15) is 8.78 Å². The molecule has 0 fully saturated rings. The highest BCUT2D eigenvalue weighted by Crippen LogP contribution is 2.26. The summed E-state index contributed by atoms with van der Waals surface area (Å²) in [5, 5.41) is 0. The van der Waals surface area contributed by atoms with E-state index in [2.05, 4.69) is 4.99 Å². The molecule has 0 heterocycles. The largest absolute Gasteiger partial charge is 0.370 e. The molecule has 0 bridgehead atoms. The van der Waals surface area contributed by atoms with Gasteiger partial charge in [0.05, 0.1) is 5.69 Å². The highest BCUT2D eigenvalue weighted by atomic mass is 32.2. The smallest absolute Gasteiger partial charge is 0.288 e. The van der Waals surface area contributed by atoms with E-state index < -0.39 is 5.76 Å². The zero-order chi connectivity index (χ0) is 10.6. The number of thioether (sulfide) groups is 1. The lowest BCUT2D eigenvalue weighted by Crippen LogP contribution is -2.21. The highest BCUT2D eigenvalue weighted by Gasteiger charge is 2.04. The number of hydrogen-bond acceptors (Lipinski definition) is 2. The van der Waals surface area contributed by atoms with Crippen molar-refractivity contribution in [1.82, 2.24) is 0 Å². The summed E-state index contributed by atoms with van der Waals surface area (Å²) in [6.45, 7) is 0. The van der Waals surface area contributed by atoms with Crippen LogP contribution in [-0.4, -0.2) is 11.7 Å². The van der Waals surface area contributed by atoms with Crippen LogP contribution in [0.1, 0.15) is 0 Å². The summed E-state index contributed by atoms with van der Waals surface area (Å²) in [6.07, 6.45) is 0. The summed E-state index contributed by atoms with van der Waals surface area (Å²) in [4.78, 5) is 4.24. The van der Waals surface area contributed by atoms with Crippen LogP contribution in [0.4, 0.5) is 14.5 Å². The van der Waals surface area contributed by atoms with Crippen LogP contribution < -0.4 is 11.5 Å². The number of hydrogen-bond donors (Lipinski definition) is 2. The highest BCUT2D eigenvalue weighted by molar-refractivity contribution is 7.99. The van der Waals surface area contributed by atoms with Crippen LogP contribution in [0.15, 0.2) is 34.2 Å². The first-order chi connectivity index (χ1) is 6.58. The number of halogens is 2. The number of aliphatic imine (C=N–C) groups is 1. The van der Waals surface area contributed by atoms with Crippen molar-refractivity contribution in [1.29, 1.82) is 0 Å². The SMILES string of the molecule is NC(N)=Nc1ccc(SC(F)F)cc1. The average Bonchev–Trinajstić information content (AvgIpc) is 2.06. The first kappa shape index (κ1) is 10.8. The van der Waals surface area contributed by atoms with E-state index in [1.54, 1.807) is 24.3 Å². The normalized spacial score (nSPS) is 10.2. The lowest BCUT2D eigenvalue weighted by Gasteiger charge is -2.00. The second kappa shape index (κ2) is 4.80. The number of nitrogens with zero attached hydrogens (tertiary/aromatic N) is 1. The molecule has 0 amide bonds. The number of nitrogens with two attached hydrogens (primary N) is 2. The molecule has 0 radical (unpaired) electrons. The molecule has 0 spiro atoms. The molecule has 0 aromatic heterocycles. The van der Waals surface area contributed by atoms with Gasteiger partial charge in [-0.1, -0.05) is 11.8 Å². The van der Waals surface area contributed by atoms with Crippen LogP contribution in [0.3, 0.4) is 0 Å². The Bertz CT molecular complexity index is 320. The predicted molar refractivity (Wildman–Crippen MR) is 53.8 cm³/mol. The van der Waals surface area contributed by atoms with Crippen molar-refractivity contribution in [3.05, 3.63) is 24.3 Å². The second-order valence-corrected chi connectivity index (χ2v) is 3.47. The van der Waals surface area contributed by atoms with E-state index in [4.69, 9.17) is 11.5 Å². The third-order valence-electron chi connectivity index (χ3n) is 1.32. The second-order valence-electron chi connectivity index (χ2n) is 2.41. The van der Waals surface area contributed by atoms with Gasteiger partial charge in [-0.3, -0.25) is 0 Å². The molecule has 0 saturated carbocycles. The van der Waals surface area contributed by atoms with Crippen molar-refractivity contribution in [2.45, 2.75) is 10.7 Å². The van der Waals surface area contributed by atoms with Crippen molar-refractivity contribution in [2.75, 3.05) is 0 Å². The Labute approximate surface area is 84.2 Å². The fourth-order valence-corrected chi connectivity index (χ4v) is 1.35. The molecule has 0 atom stereocenters. The molecule has 6 heteroatoms. The minimum atomic E-state index is -2.41. The van der Waals surface area contributed by atoms with Gasteiger partial charge in [0.25, 0.3) is 5.76 Å². The average molecular weight is 217 g/mol. The van der Waals surface area contributed by atoms with Gasteiger partial charge >= 0.3 is 0 Å². The summed E-state index contributed by atoms with van der Waals surface area (Å²) < 4.78 is 23.9. The molecule has 0 aliphatic carbocycles. The quantitative estimate of drug-likeness (QED) is 0.461. The lowest BCUT2D eigenvalue weighted by molar-refractivity contribution is 0.252. The molecular weight excluding hydrogens is 208 g/mol. The Morgan fingerprint density at radius 3 is 2.21 bits per heavy atom. The summed E-state index contributed by atoms with van der Waals surface area (Å²) in [6, 6.07) is 6.23. The Morgan fingerprint density at radius 1 is 1.21 bits per heavy atom. The number of benzene rings is 1. The van der Waals surface area contributed by atoms with Crippen molar-refractivity contribution in [2.24, 2.45) is 16.5 Å². The van der Waals surface area contributed by atoms with Crippen LogP contribution in [0, 0.1) is 0 Å². The monoisotopic (exact) mass is 217 g/mol. The molecular formula is C8H9F2N3S. The first-order valence-electron chi connectivity index (χ1n) is 3.72. The predicted octanol–water partition coefficient (Wildman–Crippen LogP) is 1.91. The van der Waals surface area contributed by atoms with E-state index >= 15 is 0 Å². The van der Waals surface area contributed by atoms with E-state index in [0.717, 1.165) is 0 Å². The van der Waals surface area contributed by atoms with Gasteiger partial charge in [-0.2, -0.15) is 8.78 Å². The summed E-state index contributed by atoms with van der Waals surface area (Å²) >= 11 is 0.482. The van der Waals surface area contributed by atoms with Crippen LogP contribution in [0.5, 0.6) is 0 Å². The minimum Gasteiger partial charge on any atom is -0.370 e. The van der Waals surface area contributed by atoms with E-state index in [1.807, 2.05) is 0 Å². The maximum atomic E-state index is 11.9. The van der Waals surface area contributed by atoms with Gasteiger partial charge in [0.15, 0.2) is 5.96 Å². The van der Waals surface area contributed by atoms with Gasteiger partial charge in [0.1, 0.15) is 0 Å². The molecule has 76 valence electrons. The number of guanidine groups is 1. The molecule has 1 aromatic carbocycles. The standard InChI is InChI=1S/C8H9F2N3S/c9-7(10)14-6-3-1-5(2-4-6)13-8(11)12/h1-4,7H,(H4,11,12,13). The maximum Gasteiger partial charge on any atom is 0.288 e. The van der Waals surface area contributed by atoms with Gasteiger partial charge in [-0.05, 0) is 24.3 Å². The van der Waals surface area contributed by atoms with Crippen LogP contribution in [0.2, 0.25) is 0 Å². The first-order valence-corrected chi connectivity index (χ1v) is 4.60. The Balaban J connectivity index is 2.74. The van der Waals surface area contributed by atoms with Crippen LogP contribution in [-0.2, 0) is 0 Å². The van der Waals surface area contributed by atoms with Gasteiger partial charge in [-0.25, -0.2) is 4.99 Å². The Hall–Kier alpha value is -1.30. The van der Waals surface area contributed by atoms with Crippen molar-refractivity contribution in [3.63, 3.8) is 0 Å². The van der Waals surface area contributed by atoms with Gasteiger partial charge in [0.2, 0.25) is 0 Å². The summed E-state index contributed by atoms with van der Waals surface area (Å²) in [7, 11) is 0. The maximum absolute atomic E-state index is 11.9. The molecule has 0 aliphatic rings. The fraction of sp³-hybridized carbons (Fsp3) is 0.125. The molecule has 4 N–H and O–H groups in total. The molecule has 3 nitrogen and oxygen atoms in total. The van der Waals surface area contributed by atoms with E-state index in [0.29, 0.717) is 22.3 Å². The molecule has 0 unspecified atom stereocenters. The molecule has 1 rings (SSSR count). The molecule has 0 saturated heterocycles.